The number of hydrogen-bond donors (Lipinski definition) is 1. The summed E-state index contributed by atoms with van der Waals surface area (Å²) in [4.78, 5) is 18.6. The van der Waals surface area contributed by atoms with E-state index in [2.05, 4.69) is 17.1 Å². The van der Waals surface area contributed by atoms with E-state index in [1.54, 1.807) is 29.3 Å². The summed E-state index contributed by atoms with van der Waals surface area (Å²) in [6, 6.07) is 18.9. The van der Waals surface area contributed by atoms with Gasteiger partial charge in [0.1, 0.15) is 0 Å². The van der Waals surface area contributed by atoms with Crippen LogP contribution in [0.2, 0.25) is 5.02 Å². The Labute approximate surface area is 212 Å². The second kappa shape index (κ2) is 10.0. The van der Waals surface area contributed by atoms with Gasteiger partial charge in [-0.2, -0.15) is 13.2 Å². The molecule has 4 aromatic rings. The second-order valence-electron chi connectivity index (χ2n) is 9.44. The molecule has 3 aromatic carbocycles. The van der Waals surface area contributed by atoms with Crippen molar-refractivity contribution in [1.82, 2.24) is 9.88 Å². The number of carbonyl (C=O) groups excluding carboxylic acids is 1. The van der Waals surface area contributed by atoms with Gasteiger partial charge in [-0.1, -0.05) is 60.5 Å². The van der Waals surface area contributed by atoms with Crippen LogP contribution in [0, 0.1) is 0 Å². The summed E-state index contributed by atoms with van der Waals surface area (Å²) < 4.78 is 39.6. The Morgan fingerprint density at radius 3 is 2.47 bits per heavy atom. The molecule has 186 valence electrons. The average Bonchev–Trinajstić information content (AvgIpc) is 3.29. The van der Waals surface area contributed by atoms with E-state index >= 15 is 0 Å². The highest BCUT2D eigenvalue weighted by Gasteiger charge is 2.30. The van der Waals surface area contributed by atoms with Gasteiger partial charge >= 0.3 is 6.18 Å². The van der Waals surface area contributed by atoms with Gasteiger partial charge in [0.25, 0.3) is 5.91 Å². The molecule has 0 unspecified atom stereocenters. The molecule has 3 nitrogen and oxygen atoms in total. The van der Waals surface area contributed by atoms with Crippen molar-refractivity contribution in [2.45, 2.75) is 44.3 Å². The number of aromatic amines is 1. The topological polar surface area (TPSA) is 36.1 Å². The lowest BCUT2D eigenvalue weighted by molar-refractivity contribution is -0.137. The fourth-order valence-corrected chi connectivity index (χ4v) is 4.98. The Bertz CT molecular complexity index is 1370. The third kappa shape index (κ3) is 5.29. The molecule has 0 radical (unpaired) electrons. The van der Waals surface area contributed by atoms with Gasteiger partial charge < -0.3 is 9.88 Å². The van der Waals surface area contributed by atoms with E-state index in [0.717, 1.165) is 23.1 Å². The van der Waals surface area contributed by atoms with E-state index in [0.29, 0.717) is 40.5 Å². The molecule has 0 saturated heterocycles. The monoisotopic (exact) mass is 510 g/mol. The first-order valence-electron chi connectivity index (χ1n) is 12.1. The number of rotatable bonds is 7. The van der Waals surface area contributed by atoms with Gasteiger partial charge in [-0.25, -0.2) is 0 Å². The number of amides is 1. The second-order valence-corrected chi connectivity index (χ2v) is 9.88. The number of hydrogen-bond acceptors (Lipinski definition) is 1. The lowest BCUT2D eigenvalue weighted by Crippen LogP contribution is -2.32. The maximum atomic E-state index is 13.8. The first kappa shape index (κ1) is 24.4. The zero-order chi connectivity index (χ0) is 25.3. The zero-order valence-corrected chi connectivity index (χ0v) is 20.4. The molecule has 0 atom stereocenters. The summed E-state index contributed by atoms with van der Waals surface area (Å²) in [7, 11) is 0. The number of nitrogens with one attached hydrogen (secondary N) is 1. The highest BCUT2D eigenvalue weighted by atomic mass is 35.5. The van der Waals surface area contributed by atoms with Crippen molar-refractivity contribution in [2.75, 3.05) is 6.54 Å². The van der Waals surface area contributed by atoms with Crippen molar-refractivity contribution in [3.8, 4) is 0 Å². The van der Waals surface area contributed by atoms with E-state index in [4.69, 9.17) is 11.6 Å². The van der Waals surface area contributed by atoms with Crippen molar-refractivity contribution in [3.05, 3.63) is 106 Å². The Hall–Kier alpha value is -3.25. The van der Waals surface area contributed by atoms with Crippen molar-refractivity contribution in [1.29, 1.82) is 0 Å². The van der Waals surface area contributed by atoms with Gasteiger partial charge in [-0.15, -0.1) is 0 Å². The molecule has 0 aliphatic heterocycles. The Balaban J connectivity index is 1.42. The van der Waals surface area contributed by atoms with Gasteiger partial charge in [0.05, 0.1) is 16.6 Å². The normalized spacial score (nSPS) is 14.1. The average molecular weight is 511 g/mol. The van der Waals surface area contributed by atoms with Crippen LogP contribution in [0.1, 0.15) is 57.8 Å². The Morgan fingerprint density at radius 2 is 1.78 bits per heavy atom. The minimum atomic E-state index is -4.41. The van der Waals surface area contributed by atoms with Crippen LogP contribution in [0.15, 0.2) is 72.9 Å². The van der Waals surface area contributed by atoms with E-state index in [9.17, 15) is 18.0 Å². The molecule has 1 fully saturated rings. The van der Waals surface area contributed by atoms with Crippen LogP contribution in [-0.4, -0.2) is 22.3 Å². The summed E-state index contributed by atoms with van der Waals surface area (Å²) in [5.41, 5.74) is 3.26. The van der Waals surface area contributed by atoms with Crippen LogP contribution >= 0.6 is 11.6 Å². The van der Waals surface area contributed by atoms with Crippen LogP contribution in [0.3, 0.4) is 0 Å². The molecule has 36 heavy (non-hydrogen) atoms. The standard InChI is InChI=1S/C29H26ClF3N2O/c30-25-16-23-11-13-34-27(23)26(17-25)28(36)35(14-12-19-3-1-6-24(15-19)29(31,32)33)18-20-7-9-22(10-8-20)21-4-2-5-21/h1,3,6-11,13,15-17,21,34H,2,4-5,12,14,18H2. The number of carbonyl (C=O) groups is 1. The first-order valence-corrected chi connectivity index (χ1v) is 12.5. The third-order valence-electron chi connectivity index (χ3n) is 7.00. The van der Waals surface area contributed by atoms with Gasteiger partial charge in [0.15, 0.2) is 0 Å². The van der Waals surface area contributed by atoms with Crippen molar-refractivity contribution in [3.63, 3.8) is 0 Å². The SMILES string of the molecule is O=C(c1cc(Cl)cc2cc[nH]c12)N(CCc1cccc(C(F)(F)F)c1)Cc1ccc(C2CCC2)cc1. The van der Waals surface area contributed by atoms with E-state index in [1.807, 2.05) is 18.2 Å². The third-order valence-corrected chi connectivity index (χ3v) is 7.21. The number of benzene rings is 3. The van der Waals surface area contributed by atoms with Gasteiger partial charge in [-0.05, 0) is 66.1 Å². The molecule has 1 aliphatic rings. The number of nitrogens with zero attached hydrogens (tertiary/aromatic N) is 1. The summed E-state index contributed by atoms with van der Waals surface area (Å²) >= 11 is 6.30. The minimum Gasteiger partial charge on any atom is -0.361 e. The lowest BCUT2D eigenvalue weighted by Gasteiger charge is -2.27. The molecule has 0 spiro atoms. The highest BCUT2D eigenvalue weighted by molar-refractivity contribution is 6.32. The summed E-state index contributed by atoms with van der Waals surface area (Å²) in [5.74, 6) is 0.394. The fourth-order valence-electron chi connectivity index (χ4n) is 4.75. The largest absolute Gasteiger partial charge is 0.416 e. The number of H-pyrrole nitrogens is 1. The van der Waals surface area contributed by atoms with E-state index in [1.165, 1.54) is 30.9 Å². The van der Waals surface area contributed by atoms with Crippen LogP contribution in [0.5, 0.6) is 0 Å². The quantitative estimate of drug-likeness (QED) is 0.269. The number of aromatic nitrogens is 1. The number of halogens is 4. The molecule has 1 amide bonds. The molecule has 0 bridgehead atoms. The van der Waals surface area contributed by atoms with Crippen molar-refractivity contribution < 1.29 is 18.0 Å². The van der Waals surface area contributed by atoms with Crippen LogP contribution < -0.4 is 0 Å². The number of fused-ring (bicyclic) bond motifs is 1. The summed E-state index contributed by atoms with van der Waals surface area (Å²) in [6.07, 6.45) is 1.32. The summed E-state index contributed by atoms with van der Waals surface area (Å²) in [6.45, 7) is 0.608. The maximum absolute atomic E-state index is 13.8. The minimum absolute atomic E-state index is 0.222. The maximum Gasteiger partial charge on any atom is 0.416 e. The van der Waals surface area contributed by atoms with Gasteiger partial charge in [-0.3, -0.25) is 4.79 Å². The molecule has 5 rings (SSSR count). The van der Waals surface area contributed by atoms with E-state index in [-0.39, 0.29) is 12.5 Å². The molecular formula is C29H26ClF3N2O. The molecular weight excluding hydrogens is 485 g/mol. The van der Waals surface area contributed by atoms with Crippen molar-refractivity contribution in [2.24, 2.45) is 0 Å². The predicted octanol–water partition coefficient (Wildman–Crippen LogP) is 7.99. The van der Waals surface area contributed by atoms with Crippen LogP contribution in [-0.2, 0) is 19.1 Å². The molecule has 7 heteroatoms. The predicted molar refractivity (Wildman–Crippen MR) is 136 cm³/mol. The smallest absolute Gasteiger partial charge is 0.361 e. The molecule has 1 heterocycles. The number of alkyl halides is 3. The first-order chi connectivity index (χ1) is 17.3. The van der Waals surface area contributed by atoms with Crippen LogP contribution in [0.4, 0.5) is 13.2 Å². The molecule has 1 aliphatic carbocycles. The zero-order valence-electron chi connectivity index (χ0n) is 19.6. The lowest BCUT2D eigenvalue weighted by atomic mass is 9.80. The van der Waals surface area contributed by atoms with E-state index < -0.39 is 11.7 Å². The van der Waals surface area contributed by atoms with Crippen LogP contribution in [0.25, 0.3) is 10.9 Å². The fraction of sp³-hybridized carbons (Fsp3) is 0.276. The molecule has 1 aromatic heterocycles. The summed E-state index contributed by atoms with van der Waals surface area (Å²) in [5, 5.41) is 1.28. The Kier molecular flexibility index (Phi) is 6.80. The Morgan fingerprint density at radius 1 is 1.00 bits per heavy atom. The van der Waals surface area contributed by atoms with Crippen molar-refractivity contribution >= 4 is 28.4 Å². The molecule has 1 saturated carbocycles. The van der Waals surface area contributed by atoms with Gasteiger partial charge in [0.2, 0.25) is 0 Å². The highest BCUT2D eigenvalue weighted by Crippen LogP contribution is 2.36. The molecule has 1 N–H and O–H groups in total. The van der Waals surface area contributed by atoms with Gasteiger partial charge in [0, 0.05) is 29.7 Å².